The minimum Gasteiger partial charge on any atom is -0.550 e. The summed E-state index contributed by atoms with van der Waals surface area (Å²) in [6.07, 6.45) is 0. The van der Waals surface area contributed by atoms with E-state index in [0.717, 1.165) is 6.92 Å². The molecule has 0 amide bonds. The molecule has 0 aliphatic carbocycles. The van der Waals surface area contributed by atoms with Crippen molar-refractivity contribution in [3.05, 3.63) is 0 Å². The van der Waals surface area contributed by atoms with E-state index in [1.165, 1.54) is 0 Å². The van der Waals surface area contributed by atoms with Crippen molar-refractivity contribution in [3.63, 3.8) is 0 Å². The first-order chi connectivity index (χ1) is 1.73. The van der Waals surface area contributed by atoms with E-state index in [1.54, 1.807) is 0 Å². The Kier molecular flexibility index (Phi) is 433. The molecule has 7 nitrogen and oxygen atoms in total. The predicted octanol–water partition coefficient (Wildman–Crippen LogP) is -5.37. The maximum absolute atomic E-state index is 8.89. The summed E-state index contributed by atoms with van der Waals surface area (Å²) in [5.74, 6) is -1.08. The summed E-state index contributed by atoms with van der Waals surface area (Å²) in [5, 5.41) is 8.89. The Labute approximate surface area is 86.8 Å². The van der Waals surface area contributed by atoms with Gasteiger partial charge in [-0.2, -0.15) is 0 Å². The van der Waals surface area contributed by atoms with Gasteiger partial charge in [-0.1, -0.05) is 0 Å². The van der Waals surface area contributed by atoms with Crippen molar-refractivity contribution in [2.75, 3.05) is 0 Å². The number of carbonyl (C=O) groups excluding carboxylic acids is 1. The van der Waals surface area contributed by atoms with Crippen LogP contribution in [-0.2, 0) is 4.79 Å². The van der Waals surface area contributed by atoms with Crippen LogP contribution < -0.4 is 5.11 Å². The Morgan fingerprint density at radius 1 is 1.00 bits per heavy atom. The van der Waals surface area contributed by atoms with Crippen molar-refractivity contribution in [2.24, 2.45) is 0 Å². The number of carboxylic acid groups (broad SMARTS) is 1. The van der Waals surface area contributed by atoms with Gasteiger partial charge in [0.05, 0.1) is 0 Å². The molecule has 0 bridgehead atoms. The van der Waals surface area contributed by atoms with Gasteiger partial charge in [0.1, 0.15) is 0 Å². The van der Waals surface area contributed by atoms with Crippen molar-refractivity contribution in [2.45, 2.75) is 6.92 Å². The summed E-state index contributed by atoms with van der Waals surface area (Å²) in [6.45, 7) is 0.972. The van der Waals surface area contributed by atoms with Gasteiger partial charge in [0.15, 0.2) is 0 Å². The van der Waals surface area contributed by atoms with Crippen molar-refractivity contribution < 1.29 is 74.2 Å². The maximum Gasteiger partial charge on any atom is 3.00 e. The van der Waals surface area contributed by atoms with Crippen LogP contribution in [0.2, 0.25) is 0 Å². The second-order valence-electron chi connectivity index (χ2n) is 0.492. The third-order valence-corrected chi connectivity index (χ3v) is 0. The zero-order valence-electron chi connectivity index (χ0n) is 5.07. The average molecular weight is 324 g/mol. The Balaban J connectivity index is -0.00000000300. The summed E-state index contributed by atoms with van der Waals surface area (Å²) in [5.41, 5.74) is 0. The molecule has 0 rings (SSSR count). The molecule has 0 saturated heterocycles. The van der Waals surface area contributed by atoms with Gasteiger partial charge in [-0.25, -0.2) is 0 Å². The fraction of sp³-hybridized carbons (Fsp3) is 0.500. The van der Waals surface area contributed by atoms with E-state index in [9.17, 15) is 0 Å². The normalized spacial score (nSPS) is 2.50. The van der Waals surface area contributed by atoms with Gasteiger partial charge in [-0.3, -0.25) is 0 Å². The fourth-order valence-corrected chi connectivity index (χ4v) is 0. The molecule has 0 aliphatic rings. The van der Waals surface area contributed by atoms with Crippen LogP contribution in [0.5, 0.6) is 0 Å². The van der Waals surface area contributed by atoms with E-state index in [1.807, 2.05) is 0 Å². The molecule has 10 heavy (non-hydrogen) atoms. The average Bonchev–Trinajstić information content (AvgIpc) is 0.811. The van der Waals surface area contributed by atoms with Gasteiger partial charge in [-0.15, -0.1) is 0 Å². The maximum atomic E-state index is 8.89. The molecule has 0 radical (unpaired) electrons. The second-order valence-corrected chi connectivity index (χ2v) is 0.492. The topological polar surface area (TPSA) is 198 Å². The van der Waals surface area contributed by atoms with Crippen molar-refractivity contribution in [1.82, 2.24) is 0 Å². The van der Waals surface area contributed by atoms with Crippen LogP contribution >= 0.6 is 0 Å². The predicted molar refractivity (Wildman–Crippen MR) is 28.8 cm³/mol. The SMILES string of the molecule is CC(=O)[O-].O.O.O.O.O.[Lu+3]. The zero-order chi connectivity index (χ0) is 3.58. The summed E-state index contributed by atoms with van der Waals surface area (Å²) in [4.78, 5) is 8.89. The van der Waals surface area contributed by atoms with Gasteiger partial charge >= 0.3 is 36.9 Å². The summed E-state index contributed by atoms with van der Waals surface area (Å²) in [6, 6.07) is 0. The molecule has 0 spiro atoms. The van der Waals surface area contributed by atoms with E-state index in [0.29, 0.717) is 0 Å². The quantitative estimate of drug-likeness (QED) is 0.429. The molecule has 76 valence electrons. The van der Waals surface area contributed by atoms with Gasteiger partial charge in [0.25, 0.3) is 0 Å². The zero-order valence-corrected chi connectivity index (χ0v) is 6.73. The summed E-state index contributed by atoms with van der Waals surface area (Å²) < 4.78 is 0. The molecule has 0 atom stereocenters. The third-order valence-electron chi connectivity index (χ3n) is 0. The van der Waals surface area contributed by atoms with Crippen molar-refractivity contribution >= 4 is 5.97 Å². The smallest absolute Gasteiger partial charge is 0.550 e. The largest absolute Gasteiger partial charge is 3.00 e. The monoisotopic (exact) mass is 324 g/mol. The summed E-state index contributed by atoms with van der Waals surface area (Å²) in [7, 11) is 0. The van der Waals surface area contributed by atoms with E-state index in [-0.39, 0.29) is 64.3 Å². The first kappa shape index (κ1) is 77.3. The second kappa shape index (κ2) is 56.0. The van der Waals surface area contributed by atoms with Crippen LogP contribution in [0.1, 0.15) is 6.92 Å². The molecule has 0 aromatic rings. The number of hydrogen-bond acceptors (Lipinski definition) is 2. The standard InChI is InChI=1S/C2H4O2.Lu.5H2O/c1-2(3)4;;;;;;/h1H3,(H,3,4);;5*1H2/q;+3;;;;;/p-1. The van der Waals surface area contributed by atoms with Crippen LogP contribution in [0, 0.1) is 36.9 Å². The van der Waals surface area contributed by atoms with Gasteiger partial charge < -0.3 is 37.3 Å². The van der Waals surface area contributed by atoms with Gasteiger partial charge in [0, 0.05) is 5.97 Å². The van der Waals surface area contributed by atoms with E-state index >= 15 is 0 Å². The van der Waals surface area contributed by atoms with Crippen LogP contribution in [0.3, 0.4) is 0 Å². The van der Waals surface area contributed by atoms with Crippen LogP contribution in [0.4, 0.5) is 0 Å². The molecule has 0 aromatic heterocycles. The van der Waals surface area contributed by atoms with Crippen molar-refractivity contribution in [3.8, 4) is 0 Å². The molecular formula is C2H13LuO7+2. The Hall–Kier alpha value is 0.504. The number of carbonyl (C=O) groups is 1. The van der Waals surface area contributed by atoms with Crippen LogP contribution in [0.15, 0.2) is 0 Å². The molecule has 0 unspecified atom stereocenters. The molecule has 10 N–H and O–H groups in total. The fourth-order valence-electron chi connectivity index (χ4n) is 0. The van der Waals surface area contributed by atoms with E-state index in [4.69, 9.17) is 9.90 Å². The summed E-state index contributed by atoms with van der Waals surface area (Å²) >= 11 is 0. The molecule has 0 heterocycles. The minimum absolute atomic E-state index is 0. The van der Waals surface area contributed by atoms with Gasteiger partial charge in [-0.05, 0) is 6.92 Å². The van der Waals surface area contributed by atoms with E-state index < -0.39 is 5.97 Å². The Morgan fingerprint density at radius 2 is 1.00 bits per heavy atom. The molecule has 0 saturated carbocycles. The molecule has 0 fully saturated rings. The number of aliphatic carboxylic acids is 1. The Bertz CT molecular complexity index is 34.6. The number of hydrogen-bond donors (Lipinski definition) is 0. The first-order valence-corrected chi connectivity index (χ1v) is 0.908. The molecule has 8 heteroatoms. The number of carboxylic acids is 1. The minimum atomic E-state index is -1.08. The van der Waals surface area contributed by atoms with Crippen molar-refractivity contribution in [1.29, 1.82) is 0 Å². The first-order valence-electron chi connectivity index (χ1n) is 0.908. The Morgan fingerprint density at radius 3 is 1.00 bits per heavy atom. The molecule has 0 aliphatic heterocycles. The van der Waals surface area contributed by atoms with Gasteiger partial charge in [0.2, 0.25) is 0 Å². The van der Waals surface area contributed by atoms with Crippen LogP contribution in [-0.4, -0.2) is 33.4 Å². The molecule has 0 aromatic carbocycles. The van der Waals surface area contributed by atoms with Crippen LogP contribution in [0.25, 0.3) is 0 Å². The van der Waals surface area contributed by atoms with E-state index in [2.05, 4.69) is 0 Å². The molecular weight excluding hydrogens is 311 g/mol. The number of rotatable bonds is 0. The third kappa shape index (κ3) is 1890.